The molecule has 2 aromatic rings. The molecule has 102 valence electrons. The minimum Gasteiger partial charge on any atom is -0.496 e. The van der Waals surface area contributed by atoms with E-state index in [1.165, 1.54) is 0 Å². The summed E-state index contributed by atoms with van der Waals surface area (Å²) < 4.78 is 5.42. The normalized spacial score (nSPS) is 12.5. The molecule has 2 rings (SSSR count). The molecule has 1 aromatic carbocycles. The van der Waals surface area contributed by atoms with Crippen LogP contribution in [-0.4, -0.2) is 28.7 Å². The SMILES string of the molecule is COc1cc(C)cc(C)c1-c1cnc(C(O)CN)[nH]1. The van der Waals surface area contributed by atoms with Crippen LogP contribution in [0.2, 0.25) is 0 Å². The first kappa shape index (κ1) is 13.6. The van der Waals surface area contributed by atoms with Crippen molar-refractivity contribution in [1.82, 2.24) is 9.97 Å². The molecule has 0 aliphatic rings. The molecule has 1 unspecified atom stereocenters. The molecule has 1 aromatic heterocycles. The average Bonchev–Trinajstić information content (AvgIpc) is 2.85. The predicted molar refractivity (Wildman–Crippen MR) is 74.1 cm³/mol. The highest BCUT2D eigenvalue weighted by atomic mass is 16.5. The zero-order valence-corrected chi connectivity index (χ0v) is 11.4. The van der Waals surface area contributed by atoms with Gasteiger partial charge < -0.3 is 20.6 Å². The van der Waals surface area contributed by atoms with E-state index >= 15 is 0 Å². The monoisotopic (exact) mass is 261 g/mol. The van der Waals surface area contributed by atoms with Crippen LogP contribution in [-0.2, 0) is 0 Å². The minimum atomic E-state index is -0.773. The van der Waals surface area contributed by atoms with Crippen LogP contribution in [0.1, 0.15) is 23.1 Å². The van der Waals surface area contributed by atoms with E-state index in [4.69, 9.17) is 10.5 Å². The van der Waals surface area contributed by atoms with Gasteiger partial charge in [0.05, 0.1) is 19.0 Å². The summed E-state index contributed by atoms with van der Waals surface area (Å²) in [6.07, 6.45) is 0.916. The molecule has 0 amide bonds. The number of methoxy groups -OCH3 is 1. The Hall–Kier alpha value is -1.85. The maximum Gasteiger partial charge on any atom is 0.136 e. The van der Waals surface area contributed by atoms with Gasteiger partial charge in [0.1, 0.15) is 17.7 Å². The molecule has 1 heterocycles. The highest BCUT2D eigenvalue weighted by Crippen LogP contribution is 2.33. The summed E-state index contributed by atoms with van der Waals surface area (Å²) in [5.41, 5.74) is 9.43. The number of benzene rings is 1. The molecule has 0 saturated carbocycles. The molecule has 0 bridgehead atoms. The van der Waals surface area contributed by atoms with E-state index < -0.39 is 6.10 Å². The summed E-state index contributed by atoms with van der Waals surface area (Å²) in [6, 6.07) is 4.06. The Morgan fingerprint density at radius 1 is 1.42 bits per heavy atom. The maximum absolute atomic E-state index is 9.68. The summed E-state index contributed by atoms with van der Waals surface area (Å²) in [4.78, 5) is 7.26. The summed E-state index contributed by atoms with van der Waals surface area (Å²) >= 11 is 0. The van der Waals surface area contributed by atoms with Gasteiger partial charge in [-0.1, -0.05) is 6.07 Å². The van der Waals surface area contributed by atoms with Crippen LogP contribution >= 0.6 is 0 Å². The predicted octanol–water partition coefficient (Wildman–Crippen LogP) is 1.69. The molecular formula is C14H19N3O2. The van der Waals surface area contributed by atoms with Gasteiger partial charge in [0.15, 0.2) is 0 Å². The van der Waals surface area contributed by atoms with Gasteiger partial charge in [0, 0.05) is 12.1 Å². The van der Waals surface area contributed by atoms with E-state index in [0.29, 0.717) is 5.82 Å². The van der Waals surface area contributed by atoms with Crippen LogP contribution in [0.3, 0.4) is 0 Å². The molecule has 4 N–H and O–H groups in total. The Kier molecular flexibility index (Phi) is 3.87. The van der Waals surface area contributed by atoms with Crippen molar-refractivity contribution >= 4 is 0 Å². The van der Waals surface area contributed by atoms with Crippen molar-refractivity contribution in [1.29, 1.82) is 0 Å². The summed E-state index contributed by atoms with van der Waals surface area (Å²) in [7, 11) is 1.64. The topological polar surface area (TPSA) is 84.2 Å². The third-order valence-corrected chi connectivity index (χ3v) is 3.07. The van der Waals surface area contributed by atoms with Crippen LogP contribution in [0.5, 0.6) is 5.75 Å². The zero-order valence-electron chi connectivity index (χ0n) is 11.4. The van der Waals surface area contributed by atoms with Crippen molar-refractivity contribution in [3.8, 4) is 17.0 Å². The Balaban J connectivity index is 2.49. The van der Waals surface area contributed by atoms with Gasteiger partial charge in [0.2, 0.25) is 0 Å². The molecule has 1 atom stereocenters. The number of H-pyrrole nitrogens is 1. The van der Waals surface area contributed by atoms with E-state index in [1.54, 1.807) is 13.3 Å². The first-order valence-electron chi connectivity index (χ1n) is 6.15. The number of nitrogens with zero attached hydrogens (tertiary/aromatic N) is 1. The maximum atomic E-state index is 9.68. The molecular weight excluding hydrogens is 242 g/mol. The van der Waals surface area contributed by atoms with Crippen molar-refractivity contribution < 1.29 is 9.84 Å². The van der Waals surface area contributed by atoms with Crippen molar-refractivity contribution in [3.63, 3.8) is 0 Å². The highest BCUT2D eigenvalue weighted by molar-refractivity contribution is 5.71. The average molecular weight is 261 g/mol. The van der Waals surface area contributed by atoms with Crippen molar-refractivity contribution in [2.24, 2.45) is 5.73 Å². The van der Waals surface area contributed by atoms with Crippen molar-refractivity contribution in [2.45, 2.75) is 20.0 Å². The number of ether oxygens (including phenoxy) is 1. The van der Waals surface area contributed by atoms with E-state index in [2.05, 4.69) is 16.0 Å². The number of hydrogen-bond acceptors (Lipinski definition) is 4. The largest absolute Gasteiger partial charge is 0.496 e. The molecule has 0 spiro atoms. The van der Waals surface area contributed by atoms with Crippen molar-refractivity contribution in [3.05, 3.63) is 35.3 Å². The molecule has 0 aliphatic carbocycles. The summed E-state index contributed by atoms with van der Waals surface area (Å²) in [5.74, 6) is 1.26. The fourth-order valence-electron chi connectivity index (χ4n) is 2.18. The smallest absolute Gasteiger partial charge is 0.136 e. The first-order valence-corrected chi connectivity index (χ1v) is 6.15. The highest BCUT2D eigenvalue weighted by Gasteiger charge is 2.15. The number of aryl methyl sites for hydroxylation is 2. The van der Waals surface area contributed by atoms with E-state index in [-0.39, 0.29) is 6.54 Å². The number of rotatable bonds is 4. The third-order valence-electron chi connectivity index (χ3n) is 3.07. The van der Waals surface area contributed by atoms with Gasteiger partial charge in [-0.15, -0.1) is 0 Å². The van der Waals surface area contributed by atoms with Gasteiger partial charge in [0.25, 0.3) is 0 Å². The number of aromatic nitrogens is 2. The molecule has 0 fully saturated rings. The number of nitrogens with one attached hydrogen (secondary N) is 1. The number of nitrogens with two attached hydrogens (primary N) is 1. The fraction of sp³-hybridized carbons (Fsp3) is 0.357. The molecule has 5 heteroatoms. The molecule has 0 radical (unpaired) electrons. The number of aliphatic hydroxyl groups excluding tert-OH is 1. The van der Waals surface area contributed by atoms with Gasteiger partial charge in [-0.25, -0.2) is 4.98 Å². The van der Waals surface area contributed by atoms with Crippen LogP contribution in [0.15, 0.2) is 18.3 Å². The van der Waals surface area contributed by atoms with Crippen LogP contribution in [0.4, 0.5) is 0 Å². The van der Waals surface area contributed by atoms with Gasteiger partial charge in [-0.05, 0) is 31.0 Å². The Labute approximate surface area is 112 Å². The first-order chi connectivity index (χ1) is 9.06. The standard InChI is InChI=1S/C14H19N3O2/c1-8-4-9(2)13(12(5-8)19-3)10-7-16-14(17-10)11(18)6-15/h4-5,7,11,18H,6,15H2,1-3H3,(H,16,17). The van der Waals surface area contributed by atoms with Crippen LogP contribution in [0.25, 0.3) is 11.3 Å². The van der Waals surface area contributed by atoms with Gasteiger partial charge >= 0.3 is 0 Å². The lowest BCUT2D eigenvalue weighted by Crippen LogP contribution is -2.12. The lowest BCUT2D eigenvalue weighted by Gasteiger charge is -2.11. The van der Waals surface area contributed by atoms with Gasteiger partial charge in [-0.2, -0.15) is 0 Å². The second kappa shape index (κ2) is 5.42. The van der Waals surface area contributed by atoms with Crippen LogP contribution < -0.4 is 10.5 Å². The number of aliphatic hydroxyl groups is 1. The number of hydrogen-bond donors (Lipinski definition) is 3. The molecule has 0 saturated heterocycles. The second-order valence-electron chi connectivity index (χ2n) is 4.59. The van der Waals surface area contributed by atoms with E-state index in [1.807, 2.05) is 19.9 Å². The zero-order chi connectivity index (χ0) is 14.0. The summed E-state index contributed by atoms with van der Waals surface area (Å²) in [5, 5.41) is 9.68. The lowest BCUT2D eigenvalue weighted by molar-refractivity contribution is 0.177. The fourth-order valence-corrected chi connectivity index (χ4v) is 2.18. The van der Waals surface area contributed by atoms with Gasteiger partial charge in [-0.3, -0.25) is 0 Å². The Morgan fingerprint density at radius 2 is 2.16 bits per heavy atom. The summed E-state index contributed by atoms with van der Waals surface area (Å²) in [6.45, 7) is 4.18. The van der Waals surface area contributed by atoms with Crippen molar-refractivity contribution in [2.75, 3.05) is 13.7 Å². The minimum absolute atomic E-state index is 0.136. The molecule has 5 nitrogen and oxygen atoms in total. The second-order valence-corrected chi connectivity index (χ2v) is 4.59. The Bertz CT molecular complexity index is 578. The quantitative estimate of drug-likeness (QED) is 0.782. The lowest BCUT2D eigenvalue weighted by atomic mass is 10.0. The number of aromatic amines is 1. The number of imidazole rings is 1. The Morgan fingerprint density at radius 3 is 2.79 bits per heavy atom. The molecule has 0 aliphatic heterocycles. The third kappa shape index (κ3) is 2.62. The van der Waals surface area contributed by atoms with Crippen LogP contribution in [0, 0.1) is 13.8 Å². The van der Waals surface area contributed by atoms with E-state index in [9.17, 15) is 5.11 Å². The molecule has 19 heavy (non-hydrogen) atoms. The van der Waals surface area contributed by atoms with E-state index in [0.717, 1.165) is 28.1 Å².